The number of primary amides is 2. The summed E-state index contributed by atoms with van der Waals surface area (Å²) in [4.78, 5) is 31.9. The summed E-state index contributed by atoms with van der Waals surface area (Å²) in [6.07, 6.45) is 4.12. The second kappa shape index (κ2) is 10.5. The zero-order chi connectivity index (χ0) is 22.1. The third-order valence-corrected chi connectivity index (χ3v) is 3.88. The smallest absolute Gasteiger partial charge is 0.254 e. The summed E-state index contributed by atoms with van der Waals surface area (Å²) in [5, 5.41) is 16.7. The molecule has 0 aliphatic carbocycles. The van der Waals surface area contributed by atoms with Crippen molar-refractivity contribution in [2.24, 2.45) is 22.5 Å². The first-order chi connectivity index (χ1) is 14.3. The molecule has 1 heterocycles. The molecule has 0 saturated carbocycles. The first-order valence-electron chi connectivity index (χ1n) is 9.18. The average Bonchev–Trinajstić information content (AvgIpc) is 2.67. The van der Waals surface area contributed by atoms with Crippen LogP contribution in [0.25, 0.3) is 0 Å². The Kier molecular flexibility index (Phi) is 7.80. The third-order valence-electron chi connectivity index (χ3n) is 3.88. The Morgan fingerprint density at radius 1 is 1.27 bits per heavy atom. The van der Waals surface area contributed by atoms with Gasteiger partial charge in [0.25, 0.3) is 5.91 Å². The van der Waals surface area contributed by atoms with E-state index in [0.29, 0.717) is 17.8 Å². The van der Waals surface area contributed by atoms with Gasteiger partial charge in [-0.1, -0.05) is 19.9 Å². The van der Waals surface area contributed by atoms with Gasteiger partial charge in [0, 0.05) is 18.1 Å². The van der Waals surface area contributed by atoms with Crippen LogP contribution in [-0.4, -0.2) is 40.3 Å². The van der Waals surface area contributed by atoms with Gasteiger partial charge in [-0.15, -0.1) is 0 Å². The van der Waals surface area contributed by atoms with E-state index in [4.69, 9.17) is 16.9 Å². The molecule has 2 rings (SSSR count). The molecule has 2 aromatic rings. The summed E-state index contributed by atoms with van der Waals surface area (Å²) < 4.78 is 0. The molecular weight excluding hydrogens is 386 g/mol. The van der Waals surface area contributed by atoms with Gasteiger partial charge in [0.15, 0.2) is 0 Å². The number of amides is 2. The monoisotopic (exact) mass is 411 g/mol. The highest BCUT2D eigenvalue weighted by Crippen LogP contribution is 2.23. The minimum atomic E-state index is -0.706. The lowest BCUT2D eigenvalue weighted by molar-refractivity contribution is -0.119. The van der Waals surface area contributed by atoms with E-state index in [2.05, 4.69) is 31.1 Å². The summed E-state index contributed by atoms with van der Waals surface area (Å²) in [5.74, 6) is -0.694. The topological polar surface area (TPSA) is 184 Å². The second-order valence-electron chi connectivity index (χ2n) is 6.81. The molecular formula is C19H25N9O2. The molecule has 0 radical (unpaired) electrons. The van der Waals surface area contributed by atoms with Crippen LogP contribution < -0.4 is 27.5 Å². The minimum absolute atomic E-state index is 0.0835. The fourth-order valence-electron chi connectivity index (χ4n) is 2.55. The lowest BCUT2D eigenvalue weighted by Crippen LogP contribution is -2.37. The highest BCUT2D eigenvalue weighted by molar-refractivity contribution is 6.14. The van der Waals surface area contributed by atoms with Crippen LogP contribution in [0, 0.1) is 11.3 Å². The van der Waals surface area contributed by atoms with Crippen LogP contribution in [0.5, 0.6) is 0 Å². The zero-order valence-electron chi connectivity index (χ0n) is 16.7. The first-order valence-corrected chi connectivity index (χ1v) is 9.18. The van der Waals surface area contributed by atoms with Crippen LogP contribution >= 0.6 is 0 Å². The molecule has 11 nitrogen and oxygen atoms in total. The molecule has 1 aromatic heterocycles. The molecule has 0 fully saturated rings. The maximum absolute atomic E-state index is 11.8. The van der Waals surface area contributed by atoms with Crippen LogP contribution in [0.1, 0.15) is 30.6 Å². The van der Waals surface area contributed by atoms with E-state index in [1.54, 1.807) is 24.3 Å². The number of hydrogen-bond donors (Lipinski definition) is 6. The first kappa shape index (κ1) is 22.3. The van der Waals surface area contributed by atoms with Gasteiger partial charge in [-0.05, 0) is 30.5 Å². The van der Waals surface area contributed by atoms with E-state index in [1.165, 1.54) is 12.4 Å². The van der Waals surface area contributed by atoms with Crippen molar-refractivity contribution >= 4 is 47.4 Å². The number of nitrogens with one attached hydrogen (secondary N) is 4. The molecule has 0 bridgehead atoms. The van der Waals surface area contributed by atoms with Gasteiger partial charge in [-0.25, -0.2) is 4.98 Å². The number of nitrogens with two attached hydrogens (primary N) is 2. The molecule has 0 spiro atoms. The van der Waals surface area contributed by atoms with E-state index < -0.39 is 17.9 Å². The number of carbonyl (C=O) groups excluding carboxylic acids is 2. The predicted octanol–water partition coefficient (Wildman–Crippen LogP) is 1.68. The molecule has 8 N–H and O–H groups in total. The van der Waals surface area contributed by atoms with Crippen molar-refractivity contribution in [3.05, 3.63) is 36.0 Å². The van der Waals surface area contributed by atoms with Crippen LogP contribution in [0.2, 0.25) is 0 Å². The molecule has 2 amide bonds. The SMILES string of the molecule is CC(C)C[C@@H](Nc1ncc(C(N)=O)c(Nc2cccc(N/N=C\C=N)c2)n1)C(N)=O. The Hall–Kier alpha value is -4.02. The van der Waals surface area contributed by atoms with Crippen molar-refractivity contribution in [3.8, 4) is 0 Å². The van der Waals surface area contributed by atoms with Gasteiger partial charge >= 0.3 is 0 Å². The van der Waals surface area contributed by atoms with Gasteiger partial charge < -0.3 is 27.5 Å². The molecule has 0 aliphatic rings. The Balaban J connectivity index is 2.29. The summed E-state index contributed by atoms with van der Waals surface area (Å²) in [6.45, 7) is 3.93. The summed E-state index contributed by atoms with van der Waals surface area (Å²) in [7, 11) is 0. The van der Waals surface area contributed by atoms with Crippen molar-refractivity contribution < 1.29 is 9.59 Å². The lowest BCUT2D eigenvalue weighted by Gasteiger charge is -2.18. The normalized spacial score (nSPS) is 11.8. The van der Waals surface area contributed by atoms with Crippen LogP contribution in [0.4, 0.5) is 23.1 Å². The lowest BCUT2D eigenvalue weighted by atomic mass is 10.0. The number of hydrazone groups is 1. The van der Waals surface area contributed by atoms with Crippen molar-refractivity contribution in [2.45, 2.75) is 26.3 Å². The summed E-state index contributed by atoms with van der Waals surface area (Å²) in [5.41, 5.74) is 15.0. The number of benzene rings is 1. The summed E-state index contributed by atoms with van der Waals surface area (Å²) >= 11 is 0. The molecule has 0 aliphatic heterocycles. The number of hydrogen-bond acceptors (Lipinski definition) is 9. The molecule has 0 saturated heterocycles. The van der Waals surface area contributed by atoms with E-state index in [-0.39, 0.29) is 23.2 Å². The number of carbonyl (C=O) groups is 2. The molecule has 0 unspecified atom stereocenters. The van der Waals surface area contributed by atoms with E-state index >= 15 is 0 Å². The minimum Gasteiger partial charge on any atom is -0.368 e. The molecule has 1 aromatic carbocycles. The van der Waals surface area contributed by atoms with Gasteiger partial charge in [-0.2, -0.15) is 10.1 Å². The molecule has 30 heavy (non-hydrogen) atoms. The average molecular weight is 411 g/mol. The van der Waals surface area contributed by atoms with E-state index in [9.17, 15) is 9.59 Å². The Labute approximate surface area is 173 Å². The maximum atomic E-state index is 11.8. The van der Waals surface area contributed by atoms with Gasteiger partial charge in [0.1, 0.15) is 17.4 Å². The fraction of sp³-hybridized carbons (Fsp3) is 0.263. The standard InChI is InChI=1S/C19H25N9O2/c1-11(2)8-15(17(22)30)26-19-23-10-14(16(21)29)18(27-19)25-12-4-3-5-13(9-12)28-24-7-6-20/h3-7,9-11,15,20,28H,8H2,1-2H3,(H2,21,29)(H2,22,30)(H2,23,25,26,27)/b20-6?,24-7-/t15-/m1/s1. The highest BCUT2D eigenvalue weighted by Gasteiger charge is 2.19. The van der Waals surface area contributed by atoms with E-state index in [0.717, 1.165) is 6.21 Å². The van der Waals surface area contributed by atoms with Crippen LogP contribution in [0.15, 0.2) is 35.6 Å². The maximum Gasteiger partial charge on any atom is 0.254 e. The highest BCUT2D eigenvalue weighted by atomic mass is 16.1. The van der Waals surface area contributed by atoms with Gasteiger partial charge in [-0.3, -0.25) is 15.0 Å². The number of aromatic nitrogens is 2. The third kappa shape index (κ3) is 6.55. The molecule has 1 atom stereocenters. The quantitative estimate of drug-likeness (QED) is 0.240. The number of rotatable bonds is 11. The zero-order valence-corrected chi connectivity index (χ0v) is 16.7. The van der Waals surface area contributed by atoms with Crippen LogP contribution in [0.3, 0.4) is 0 Å². The van der Waals surface area contributed by atoms with Gasteiger partial charge in [0.05, 0.1) is 11.9 Å². The molecule has 158 valence electrons. The fourth-order valence-corrected chi connectivity index (χ4v) is 2.55. The molecule has 11 heteroatoms. The van der Waals surface area contributed by atoms with Crippen molar-refractivity contribution in [1.29, 1.82) is 5.41 Å². The summed E-state index contributed by atoms with van der Waals surface area (Å²) in [6, 6.07) is 6.37. The van der Waals surface area contributed by atoms with E-state index in [1.807, 2.05) is 13.8 Å². The van der Waals surface area contributed by atoms with Crippen molar-refractivity contribution in [2.75, 3.05) is 16.1 Å². The van der Waals surface area contributed by atoms with Crippen LogP contribution in [-0.2, 0) is 4.79 Å². The number of anilines is 4. The van der Waals surface area contributed by atoms with Crippen molar-refractivity contribution in [1.82, 2.24) is 9.97 Å². The largest absolute Gasteiger partial charge is 0.368 e. The van der Waals surface area contributed by atoms with Crippen molar-refractivity contribution in [3.63, 3.8) is 0 Å². The van der Waals surface area contributed by atoms with Gasteiger partial charge in [0.2, 0.25) is 11.9 Å². The Bertz CT molecular complexity index is 943. The Morgan fingerprint density at radius 2 is 2.00 bits per heavy atom. The number of nitrogens with zero attached hydrogens (tertiary/aromatic N) is 3. The second-order valence-corrected chi connectivity index (χ2v) is 6.81. The predicted molar refractivity (Wildman–Crippen MR) is 117 cm³/mol. The Morgan fingerprint density at radius 3 is 2.63 bits per heavy atom.